The molecule has 0 saturated heterocycles. The van der Waals surface area contributed by atoms with E-state index >= 15 is 0 Å². The first-order valence-corrected chi connectivity index (χ1v) is 6.57. The van der Waals surface area contributed by atoms with Crippen molar-refractivity contribution in [1.29, 1.82) is 0 Å². The number of nitrogens with zero attached hydrogens (tertiary/aromatic N) is 1. The molecule has 0 N–H and O–H groups in total. The predicted octanol–water partition coefficient (Wildman–Crippen LogP) is 1.09. The van der Waals surface area contributed by atoms with Crippen LogP contribution in [0.4, 0.5) is 0 Å². The number of likely N-dealkylation sites (N-methyl/N-ethyl adjacent to an activating group) is 1. The molecule has 113 valence electrons. The smallest absolute Gasteiger partial charge is 1.00 e. The number of halogens is 1. The summed E-state index contributed by atoms with van der Waals surface area (Å²) in [6.07, 6.45) is 4.51. The van der Waals surface area contributed by atoms with E-state index in [9.17, 15) is 0 Å². The van der Waals surface area contributed by atoms with Crippen LogP contribution in [0.3, 0.4) is 0 Å². The van der Waals surface area contributed by atoms with Crippen LogP contribution in [0.15, 0.2) is 29.0 Å². The molecule has 1 nitrogen and oxygen atoms in total. The topological polar surface area (TPSA) is 3.24 Å². The van der Waals surface area contributed by atoms with E-state index in [1.807, 2.05) is 0 Å². The normalized spacial score (nSPS) is 16.9. The monoisotopic (exact) mass is 375 g/mol. The van der Waals surface area contributed by atoms with Crippen LogP contribution in [0.2, 0.25) is 0 Å². The van der Waals surface area contributed by atoms with Crippen molar-refractivity contribution in [3.05, 3.63) is 34.9 Å². The summed E-state index contributed by atoms with van der Waals surface area (Å²) in [6, 6.07) is 0.422. The molecule has 1 rings (SSSR count). The van der Waals surface area contributed by atoms with E-state index in [2.05, 4.69) is 71.5 Å². The summed E-state index contributed by atoms with van der Waals surface area (Å²) >= 11 is 0. The fourth-order valence-corrected chi connectivity index (χ4v) is 1.98. The van der Waals surface area contributed by atoms with Gasteiger partial charge in [-0.15, -0.1) is 5.73 Å². The van der Waals surface area contributed by atoms with Crippen molar-refractivity contribution >= 4 is 0 Å². The number of allylic oxidation sites excluding steroid dienone is 2. The third-order valence-electron chi connectivity index (χ3n) is 3.47. The largest absolute Gasteiger partial charge is 2.00 e. The van der Waals surface area contributed by atoms with Crippen molar-refractivity contribution in [1.82, 2.24) is 4.90 Å². The van der Waals surface area contributed by atoms with E-state index < -0.39 is 0 Å². The average molecular weight is 376 g/mol. The molecule has 0 saturated carbocycles. The van der Waals surface area contributed by atoms with Crippen LogP contribution < -0.4 is 12.4 Å². The summed E-state index contributed by atoms with van der Waals surface area (Å²) in [7, 11) is 4.26. The summed E-state index contributed by atoms with van der Waals surface area (Å²) < 4.78 is 0. The van der Waals surface area contributed by atoms with E-state index in [0.29, 0.717) is 17.9 Å². The van der Waals surface area contributed by atoms with Gasteiger partial charge in [-0.2, -0.15) is 0 Å². The molecule has 1 radical (unpaired) electrons. The molecule has 0 aromatic carbocycles. The Labute approximate surface area is 140 Å². The molecular weight excluding hydrogens is 348 g/mol. The maximum atomic E-state index is 3.63. The number of hydrogen-bond donors (Lipinski definition) is 0. The van der Waals surface area contributed by atoms with Crippen molar-refractivity contribution in [3.63, 3.8) is 0 Å². The van der Waals surface area contributed by atoms with E-state index in [4.69, 9.17) is 0 Å². The molecule has 0 fully saturated rings. The standard InChI is InChI=1S/C16H26N.ClH.Pd.H2/c1-11(2)14-8-9-15(12(3)4)16(10-14)13(5)17(6)7;;;/h8-9,11-13H,1-7H3;1H;;1H/q;;+2;/p-1/t13-;;;/m0.../s1. The Morgan fingerprint density at radius 3 is 1.89 bits per heavy atom. The van der Waals surface area contributed by atoms with Crippen molar-refractivity contribution in [3.8, 4) is 0 Å². The van der Waals surface area contributed by atoms with Gasteiger partial charge in [-0.25, -0.2) is 0 Å². The fraction of sp³-hybridized carbons (Fsp3) is 0.625. The number of rotatable bonds is 4. The number of hydrogen-bond acceptors (Lipinski definition) is 1. The van der Waals surface area contributed by atoms with Crippen LogP contribution in [0, 0.1) is 17.8 Å². The summed E-state index contributed by atoms with van der Waals surface area (Å²) in [5.74, 6) is 2.53. The van der Waals surface area contributed by atoms with Gasteiger partial charge in [-0.3, -0.25) is 0 Å². The van der Waals surface area contributed by atoms with Gasteiger partial charge in [0.25, 0.3) is 0 Å². The van der Waals surface area contributed by atoms with Crippen molar-refractivity contribution in [2.75, 3.05) is 14.1 Å². The predicted molar refractivity (Wildman–Crippen MR) is 77.9 cm³/mol. The zero-order valence-electron chi connectivity index (χ0n) is 13.0. The van der Waals surface area contributed by atoms with E-state index in [1.54, 1.807) is 0 Å². The summed E-state index contributed by atoms with van der Waals surface area (Å²) in [5.41, 5.74) is 6.31. The molecule has 1 aliphatic rings. The molecule has 0 aromatic heterocycles. The summed E-state index contributed by atoms with van der Waals surface area (Å²) in [4.78, 5) is 2.25. The van der Waals surface area contributed by atoms with Gasteiger partial charge in [0, 0.05) is 19.0 Å². The Kier molecular flexibility index (Phi) is 10.4. The third-order valence-corrected chi connectivity index (χ3v) is 3.47. The zero-order chi connectivity index (χ0) is 13.2. The SMILES string of the molecule is CC(C)[C]1C=CC(C(C)C)=C=C1[C@H](C)N(C)C.[Cl-].[HH].[Pd+2]. The fourth-order valence-electron chi connectivity index (χ4n) is 1.98. The first kappa shape index (κ1) is 21.5. The molecule has 0 amide bonds. The van der Waals surface area contributed by atoms with Crippen LogP contribution in [-0.2, 0) is 20.4 Å². The van der Waals surface area contributed by atoms with Crippen LogP contribution in [0.5, 0.6) is 0 Å². The van der Waals surface area contributed by atoms with Gasteiger partial charge in [-0.05, 0) is 38.4 Å². The second-order valence-electron chi connectivity index (χ2n) is 5.73. The van der Waals surface area contributed by atoms with Crippen molar-refractivity contribution in [2.45, 2.75) is 40.7 Å². The molecular formula is C16H28ClNPd+. The van der Waals surface area contributed by atoms with Gasteiger partial charge >= 0.3 is 20.4 Å². The molecule has 0 spiro atoms. The maximum Gasteiger partial charge on any atom is 2.00 e. The summed E-state index contributed by atoms with van der Waals surface area (Å²) in [6.45, 7) is 11.2. The quantitative estimate of drug-likeness (QED) is 0.525. The van der Waals surface area contributed by atoms with E-state index in [-0.39, 0.29) is 34.3 Å². The van der Waals surface area contributed by atoms with Gasteiger partial charge in [0.2, 0.25) is 0 Å². The maximum absolute atomic E-state index is 3.63. The second-order valence-corrected chi connectivity index (χ2v) is 5.73. The molecule has 1 atom stereocenters. The van der Waals surface area contributed by atoms with Crippen LogP contribution in [-0.4, -0.2) is 25.0 Å². The first-order valence-electron chi connectivity index (χ1n) is 6.57. The summed E-state index contributed by atoms with van der Waals surface area (Å²) in [5, 5.41) is 0. The van der Waals surface area contributed by atoms with Gasteiger partial charge < -0.3 is 17.3 Å². The van der Waals surface area contributed by atoms with E-state index in [0.717, 1.165) is 0 Å². The van der Waals surface area contributed by atoms with E-state index in [1.165, 1.54) is 17.1 Å². The van der Waals surface area contributed by atoms with Gasteiger partial charge in [0.1, 0.15) is 0 Å². The van der Waals surface area contributed by atoms with Crippen LogP contribution in [0.1, 0.15) is 36.0 Å². The Morgan fingerprint density at radius 2 is 1.53 bits per heavy atom. The Balaban J connectivity index is -0.000000963. The third kappa shape index (κ3) is 5.58. The minimum absolute atomic E-state index is 0. The Hall–Kier alpha value is 0.172. The van der Waals surface area contributed by atoms with Crippen LogP contribution in [0.25, 0.3) is 0 Å². The molecule has 0 aromatic rings. The molecule has 0 aliphatic heterocycles. The van der Waals surface area contributed by atoms with Crippen molar-refractivity contribution in [2.24, 2.45) is 11.8 Å². The second kappa shape index (κ2) is 9.17. The van der Waals surface area contributed by atoms with Crippen LogP contribution >= 0.6 is 0 Å². The first-order chi connectivity index (χ1) is 7.84. The van der Waals surface area contributed by atoms with Crippen molar-refractivity contribution < 1.29 is 34.3 Å². The Bertz CT molecular complexity index is 369. The average Bonchev–Trinajstić information content (AvgIpc) is 2.26. The van der Waals surface area contributed by atoms with Gasteiger partial charge in [0.05, 0.1) is 0 Å². The minimum atomic E-state index is 0. The molecule has 1 aliphatic carbocycles. The molecule has 0 heterocycles. The van der Waals surface area contributed by atoms with Gasteiger partial charge in [0.15, 0.2) is 0 Å². The molecule has 3 heteroatoms. The minimum Gasteiger partial charge on any atom is -1.00 e. The molecule has 19 heavy (non-hydrogen) atoms. The zero-order valence-corrected chi connectivity index (χ0v) is 15.3. The Morgan fingerprint density at radius 1 is 1.00 bits per heavy atom. The molecule has 0 unspecified atom stereocenters. The molecule has 0 bridgehead atoms. The van der Waals surface area contributed by atoms with Gasteiger partial charge in [-0.1, -0.05) is 39.8 Å².